The van der Waals surface area contributed by atoms with Gasteiger partial charge in [-0.15, -0.1) is 0 Å². The van der Waals surface area contributed by atoms with Gasteiger partial charge in [0.15, 0.2) is 16.1 Å². The maximum absolute atomic E-state index is 15.0. The third kappa shape index (κ3) is 3.55. The maximum Gasteiger partial charge on any atom is 0.297 e. The number of amides is 2. The molecule has 0 N–H and O–H groups in total. The Hall–Kier alpha value is -5.06. The summed E-state index contributed by atoms with van der Waals surface area (Å²) in [6, 6.07) is 22.9. The molecule has 0 radical (unpaired) electrons. The fourth-order valence-electron chi connectivity index (χ4n) is 6.18. The summed E-state index contributed by atoms with van der Waals surface area (Å²) in [5, 5.41) is 0.660. The lowest BCUT2D eigenvalue weighted by Crippen LogP contribution is -2.53. The number of carbonyl (C=O) groups is 2. The molecule has 2 aromatic heterocycles. The SMILES string of the molecule is COc1ccc2nc(N3C(=O)c4oc5ccc(F)cc5c(=O)c4C34C(=O)N(Cc3ccc(Cl)cc3)c3ccccc34)sc2c1. The van der Waals surface area contributed by atoms with Crippen LogP contribution in [-0.4, -0.2) is 23.9 Å². The van der Waals surface area contributed by atoms with E-state index < -0.39 is 28.6 Å². The van der Waals surface area contributed by atoms with Gasteiger partial charge in [-0.25, -0.2) is 9.37 Å². The van der Waals surface area contributed by atoms with Gasteiger partial charge in [0, 0.05) is 10.6 Å². The van der Waals surface area contributed by atoms with Crippen LogP contribution >= 0.6 is 22.9 Å². The van der Waals surface area contributed by atoms with E-state index in [9.17, 15) is 14.0 Å². The minimum absolute atomic E-state index is 0.0336. The number of thiazole rings is 1. The Kier molecular flexibility index (Phi) is 5.72. The fraction of sp³-hybridized carbons (Fsp3) is 0.0909. The van der Waals surface area contributed by atoms with E-state index >= 15 is 4.79 Å². The van der Waals surface area contributed by atoms with E-state index in [0.717, 1.165) is 17.7 Å². The highest BCUT2D eigenvalue weighted by Gasteiger charge is 2.66. The van der Waals surface area contributed by atoms with Crippen molar-refractivity contribution in [2.45, 2.75) is 12.1 Å². The second-order valence-corrected chi connectivity index (χ2v) is 11.9. The van der Waals surface area contributed by atoms with Crippen molar-refractivity contribution in [3.8, 4) is 5.75 Å². The molecule has 4 aromatic carbocycles. The lowest BCUT2D eigenvalue weighted by Gasteiger charge is -2.32. The number of para-hydroxylation sites is 1. The molecule has 2 aliphatic rings. The van der Waals surface area contributed by atoms with Crippen LogP contribution in [0.1, 0.15) is 27.2 Å². The Morgan fingerprint density at radius 1 is 1.00 bits per heavy atom. The smallest absolute Gasteiger partial charge is 0.297 e. The molecule has 0 fully saturated rings. The van der Waals surface area contributed by atoms with E-state index in [1.807, 2.05) is 0 Å². The predicted molar refractivity (Wildman–Crippen MR) is 165 cm³/mol. The van der Waals surface area contributed by atoms with Crippen LogP contribution in [0.25, 0.3) is 21.2 Å². The summed E-state index contributed by atoms with van der Waals surface area (Å²) < 4.78 is 26.6. The van der Waals surface area contributed by atoms with Crippen LogP contribution in [0.2, 0.25) is 5.02 Å². The predicted octanol–water partition coefficient (Wildman–Crippen LogP) is 6.65. The van der Waals surface area contributed by atoms with Crippen molar-refractivity contribution in [2.24, 2.45) is 0 Å². The average Bonchev–Trinajstić information content (AvgIpc) is 3.64. The molecule has 0 aliphatic carbocycles. The van der Waals surface area contributed by atoms with Crippen molar-refractivity contribution in [1.29, 1.82) is 0 Å². The number of nitrogens with zero attached hydrogens (tertiary/aromatic N) is 3. The number of hydrogen-bond acceptors (Lipinski definition) is 7. The molecule has 1 unspecified atom stereocenters. The minimum Gasteiger partial charge on any atom is -0.497 e. The molecule has 216 valence electrons. The van der Waals surface area contributed by atoms with Gasteiger partial charge in [0.05, 0.1) is 40.5 Å². The summed E-state index contributed by atoms with van der Waals surface area (Å²) in [5.74, 6) is -1.59. The Morgan fingerprint density at radius 2 is 1.80 bits per heavy atom. The maximum atomic E-state index is 15.0. The van der Waals surface area contributed by atoms with Crippen molar-refractivity contribution in [1.82, 2.24) is 4.98 Å². The molecular formula is C33H19ClFN3O5S. The quantitative estimate of drug-likeness (QED) is 0.218. The molecule has 0 saturated carbocycles. The molecule has 11 heteroatoms. The molecule has 8 nitrogen and oxygen atoms in total. The van der Waals surface area contributed by atoms with Crippen LogP contribution in [0.3, 0.4) is 0 Å². The van der Waals surface area contributed by atoms with Crippen LogP contribution in [-0.2, 0) is 16.9 Å². The monoisotopic (exact) mass is 623 g/mol. The molecule has 44 heavy (non-hydrogen) atoms. The number of benzene rings is 4. The van der Waals surface area contributed by atoms with Crippen LogP contribution in [0.15, 0.2) is 94.1 Å². The largest absolute Gasteiger partial charge is 0.497 e. The van der Waals surface area contributed by atoms with Crippen molar-refractivity contribution in [2.75, 3.05) is 16.9 Å². The molecular weight excluding hydrogens is 605 g/mol. The fourth-order valence-corrected chi connectivity index (χ4v) is 7.35. The average molecular weight is 624 g/mol. The Bertz CT molecular complexity index is 2270. The number of carbonyl (C=O) groups excluding carboxylic acids is 2. The number of rotatable bonds is 4. The number of ether oxygens (including phenoxy) is 1. The standard InChI is InChI=1S/C33H19ClFN3O5S/c1-42-20-11-12-23-26(15-20)44-32(36-23)38-30(40)29-27(28(39)21-14-19(35)10-13-25(21)43-29)33(38)22-4-2-3-5-24(22)37(31(33)41)16-17-6-8-18(34)9-7-17/h2-15H,16H2,1H3. The summed E-state index contributed by atoms with van der Waals surface area (Å²) in [6.07, 6.45) is 0. The van der Waals surface area contributed by atoms with Crippen molar-refractivity contribution in [3.05, 3.63) is 128 Å². The molecule has 1 atom stereocenters. The lowest BCUT2D eigenvalue weighted by atomic mass is 9.84. The molecule has 0 bridgehead atoms. The van der Waals surface area contributed by atoms with Gasteiger partial charge in [-0.3, -0.25) is 19.3 Å². The number of halogens is 2. The normalized spacial score (nSPS) is 17.2. The van der Waals surface area contributed by atoms with Gasteiger partial charge in [0.2, 0.25) is 5.76 Å². The van der Waals surface area contributed by atoms with Crippen molar-refractivity contribution >= 4 is 66.8 Å². The van der Waals surface area contributed by atoms with Gasteiger partial charge in [0.25, 0.3) is 11.8 Å². The van der Waals surface area contributed by atoms with Crippen LogP contribution in [0.5, 0.6) is 5.75 Å². The van der Waals surface area contributed by atoms with Gasteiger partial charge >= 0.3 is 0 Å². The van der Waals surface area contributed by atoms with Gasteiger partial charge in [-0.1, -0.05) is 53.3 Å². The first-order valence-electron chi connectivity index (χ1n) is 13.5. The summed E-state index contributed by atoms with van der Waals surface area (Å²) in [7, 11) is 1.55. The number of methoxy groups -OCH3 is 1. The molecule has 2 aliphatic heterocycles. The zero-order valence-corrected chi connectivity index (χ0v) is 24.4. The Labute approximate surface area is 257 Å². The molecule has 4 heterocycles. The van der Waals surface area contributed by atoms with E-state index in [0.29, 0.717) is 32.2 Å². The summed E-state index contributed by atoms with van der Waals surface area (Å²) in [5.41, 5.74) is -0.492. The lowest BCUT2D eigenvalue weighted by molar-refractivity contribution is -0.121. The highest BCUT2D eigenvalue weighted by molar-refractivity contribution is 7.22. The number of fused-ring (bicyclic) bond motifs is 6. The van der Waals surface area contributed by atoms with E-state index in [-0.39, 0.29) is 34.0 Å². The van der Waals surface area contributed by atoms with Crippen molar-refractivity contribution < 1.29 is 23.1 Å². The van der Waals surface area contributed by atoms with E-state index in [1.165, 1.54) is 22.3 Å². The number of aromatic nitrogens is 1. The highest BCUT2D eigenvalue weighted by Crippen LogP contribution is 2.55. The minimum atomic E-state index is -1.96. The zero-order valence-electron chi connectivity index (χ0n) is 22.8. The Balaban J connectivity index is 1.44. The van der Waals surface area contributed by atoms with E-state index in [4.69, 9.17) is 25.7 Å². The second-order valence-electron chi connectivity index (χ2n) is 10.5. The highest BCUT2D eigenvalue weighted by atomic mass is 35.5. The molecule has 1 spiro atoms. The molecule has 0 saturated heterocycles. The topological polar surface area (TPSA) is 93.0 Å². The van der Waals surface area contributed by atoms with Crippen LogP contribution in [0.4, 0.5) is 15.2 Å². The Morgan fingerprint density at radius 3 is 2.59 bits per heavy atom. The molecule has 2 amide bonds. The van der Waals surface area contributed by atoms with Crippen molar-refractivity contribution in [3.63, 3.8) is 0 Å². The third-order valence-corrected chi connectivity index (χ3v) is 9.37. The first kappa shape index (κ1) is 26.6. The van der Waals surface area contributed by atoms with Gasteiger partial charge < -0.3 is 14.1 Å². The second kappa shape index (κ2) is 9.47. The third-order valence-electron chi connectivity index (χ3n) is 8.12. The summed E-state index contributed by atoms with van der Waals surface area (Å²) in [4.78, 5) is 51.4. The number of hydrogen-bond donors (Lipinski definition) is 0. The molecule has 6 aromatic rings. The van der Waals surface area contributed by atoms with Crippen LogP contribution < -0.4 is 20.0 Å². The number of anilines is 2. The van der Waals surface area contributed by atoms with Crippen LogP contribution in [0, 0.1) is 5.82 Å². The van der Waals surface area contributed by atoms with Gasteiger partial charge in [-0.05, 0) is 60.2 Å². The zero-order chi connectivity index (χ0) is 30.3. The first-order chi connectivity index (χ1) is 21.3. The first-order valence-corrected chi connectivity index (χ1v) is 14.7. The van der Waals surface area contributed by atoms with Gasteiger partial charge in [0.1, 0.15) is 17.1 Å². The van der Waals surface area contributed by atoms with E-state index in [1.54, 1.807) is 78.7 Å². The van der Waals surface area contributed by atoms with Gasteiger partial charge in [-0.2, -0.15) is 0 Å². The summed E-state index contributed by atoms with van der Waals surface area (Å²) >= 11 is 7.29. The van der Waals surface area contributed by atoms with E-state index in [2.05, 4.69) is 0 Å². The molecule has 8 rings (SSSR count). The summed E-state index contributed by atoms with van der Waals surface area (Å²) in [6.45, 7) is 0.136.